The van der Waals surface area contributed by atoms with Crippen molar-refractivity contribution in [3.8, 4) is 0 Å². The average molecular weight is 299 g/mol. The van der Waals surface area contributed by atoms with E-state index in [2.05, 4.69) is 9.68 Å². The highest BCUT2D eigenvalue weighted by Crippen LogP contribution is 1.99. The fraction of sp³-hybridized carbons (Fsp3) is 0. The molecule has 0 aliphatic rings. The van der Waals surface area contributed by atoms with Crippen LogP contribution in [0.4, 0.5) is 0 Å². The van der Waals surface area contributed by atoms with Gasteiger partial charge in [0.05, 0.1) is 0 Å². The van der Waals surface area contributed by atoms with Gasteiger partial charge in [-0.3, -0.25) is 9.59 Å². The third kappa shape index (κ3) is 4.34. The highest BCUT2D eigenvalue weighted by atomic mass is 16.8. The summed E-state index contributed by atoms with van der Waals surface area (Å²) >= 11 is 0. The lowest BCUT2D eigenvalue weighted by atomic mass is 10.2. The predicted molar refractivity (Wildman–Crippen MR) is 77.7 cm³/mol. The lowest BCUT2D eigenvalue weighted by molar-refractivity contribution is 0.0383. The van der Waals surface area contributed by atoms with Gasteiger partial charge in [-0.2, -0.15) is 11.0 Å². The molecule has 0 unspecified atom stereocenters. The Labute approximate surface area is 126 Å². The van der Waals surface area contributed by atoms with E-state index in [0.29, 0.717) is 11.1 Å². The zero-order valence-corrected chi connectivity index (χ0v) is 11.4. The molecule has 0 aliphatic heterocycles. The molecular weight excluding hydrogens is 286 g/mol. The summed E-state index contributed by atoms with van der Waals surface area (Å²) in [5.41, 5.74) is 4.77. The van der Waals surface area contributed by atoms with E-state index in [1.807, 2.05) is 11.0 Å². The van der Waals surface area contributed by atoms with Gasteiger partial charge in [0.25, 0.3) is 11.8 Å². The maximum atomic E-state index is 11.6. The van der Waals surface area contributed by atoms with Crippen molar-refractivity contribution < 1.29 is 19.3 Å². The van der Waals surface area contributed by atoms with Gasteiger partial charge in [-0.05, 0) is 24.3 Å². The second kappa shape index (κ2) is 7.44. The fourth-order valence-electron chi connectivity index (χ4n) is 1.50. The molecule has 0 aromatic heterocycles. The molecule has 2 aromatic rings. The first-order valence-corrected chi connectivity index (χ1v) is 6.30. The predicted octanol–water partition coefficient (Wildman–Crippen LogP) is 1.64. The van der Waals surface area contributed by atoms with Crippen LogP contribution in [-0.4, -0.2) is 17.9 Å². The lowest BCUT2D eigenvalue weighted by Crippen LogP contribution is -2.33. The molecule has 0 atom stereocenters. The molecule has 0 bridgehead atoms. The van der Waals surface area contributed by atoms with Crippen molar-refractivity contribution in [3.63, 3.8) is 0 Å². The van der Waals surface area contributed by atoms with Gasteiger partial charge in [-0.25, -0.2) is 5.41 Å². The van der Waals surface area contributed by atoms with Crippen LogP contribution >= 0.6 is 0 Å². The first-order chi connectivity index (χ1) is 10.7. The number of benzene rings is 2. The maximum Gasteiger partial charge on any atom is 0.431 e. The Morgan fingerprint density at radius 3 is 1.45 bits per heavy atom. The van der Waals surface area contributed by atoms with E-state index in [1.54, 1.807) is 60.7 Å². The Morgan fingerprint density at radius 2 is 1.09 bits per heavy atom. The van der Waals surface area contributed by atoms with Crippen molar-refractivity contribution >= 4 is 17.9 Å². The Morgan fingerprint density at radius 1 is 0.727 bits per heavy atom. The summed E-state index contributed by atoms with van der Waals surface area (Å²) in [6.45, 7) is 0. The number of rotatable bonds is 2. The molecule has 0 saturated heterocycles. The number of amides is 2. The van der Waals surface area contributed by atoms with E-state index in [4.69, 9.17) is 5.41 Å². The molecule has 2 amide bonds. The monoisotopic (exact) mass is 299 g/mol. The van der Waals surface area contributed by atoms with Gasteiger partial charge in [0, 0.05) is 11.1 Å². The van der Waals surface area contributed by atoms with Crippen molar-refractivity contribution in [1.82, 2.24) is 11.0 Å². The number of hydroxylamine groups is 2. The average Bonchev–Trinajstić information content (AvgIpc) is 2.59. The van der Waals surface area contributed by atoms with Gasteiger partial charge in [0.1, 0.15) is 0 Å². The summed E-state index contributed by atoms with van der Waals surface area (Å²) in [6, 6.07) is 16.6. The van der Waals surface area contributed by atoms with Crippen molar-refractivity contribution in [1.29, 1.82) is 5.41 Å². The largest absolute Gasteiger partial charge is 0.431 e. The standard InChI is InChI=1S/C15H13N3O4/c16-15(21-17-13(19)11-7-3-1-4-8-11)22-18-14(20)12-9-5-2-6-10-12/h1-10,16H,(H,17,19)(H,18,20). The number of hydrogen-bond acceptors (Lipinski definition) is 5. The van der Waals surface area contributed by atoms with Crippen LogP contribution in [0.15, 0.2) is 60.7 Å². The quantitative estimate of drug-likeness (QED) is 0.446. The summed E-state index contributed by atoms with van der Waals surface area (Å²) < 4.78 is 0. The maximum absolute atomic E-state index is 11.6. The van der Waals surface area contributed by atoms with Gasteiger partial charge < -0.3 is 9.68 Å². The van der Waals surface area contributed by atoms with Crippen LogP contribution in [0.2, 0.25) is 0 Å². The molecule has 0 aliphatic carbocycles. The normalized spacial score (nSPS) is 9.45. The summed E-state index contributed by atoms with van der Waals surface area (Å²) in [7, 11) is 0. The summed E-state index contributed by atoms with van der Waals surface area (Å²) in [4.78, 5) is 32.4. The van der Waals surface area contributed by atoms with Crippen LogP contribution < -0.4 is 11.0 Å². The first-order valence-electron chi connectivity index (χ1n) is 6.30. The topological polar surface area (TPSA) is 101 Å². The van der Waals surface area contributed by atoms with Gasteiger partial charge >= 0.3 is 6.08 Å². The second-order valence-electron chi connectivity index (χ2n) is 4.09. The summed E-state index contributed by atoms with van der Waals surface area (Å²) in [5.74, 6) is -1.08. The van der Waals surface area contributed by atoms with Crippen LogP contribution in [0.25, 0.3) is 0 Å². The molecule has 112 valence electrons. The Bertz CT molecular complexity index is 602. The number of carbonyl (C=O) groups is 2. The minimum atomic E-state index is -0.770. The third-order valence-corrected chi connectivity index (χ3v) is 2.54. The Kier molecular flexibility index (Phi) is 5.09. The molecule has 2 aromatic carbocycles. The Balaban J connectivity index is 1.74. The van der Waals surface area contributed by atoms with Crippen molar-refractivity contribution in [2.45, 2.75) is 0 Å². The van der Waals surface area contributed by atoms with Gasteiger partial charge in [0.2, 0.25) is 0 Å². The molecule has 2 rings (SSSR count). The highest BCUT2D eigenvalue weighted by molar-refractivity contribution is 5.95. The van der Waals surface area contributed by atoms with Gasteiger partial charge in [-0.15, -0.1) is 0 Å². The number of hydrogen-bond donors (Lipinski definition) is 3. The molecule has 0 spiro atoms. The van der Waals surface area contributed by atoms with Crippen molar-refractivity contribution in [2.24, 2.45) is 0 Å². The van der Waals surface area contributed by atoms with E-state index >= 15 is 0 Å². The molecular formula is C15H13N3O4. The van der Waals surface area contributed by atoms with Gasteiger partial charge in [-0.1, -0.05) is 36.4 Å². The van der Waals surface area contributed by atoms with Crippen molar-refractivity contribution in [2.75, 3.05) is 0 Å². The molecule has 7 heteroatoms. The SMILES string of the molecule is N=C(ONC(=O)c1ccccc1)ONC(=O)c1ccccc1. The lowest BCUT2D eigenvalue weighted by Gasteiger charge is -2.09. The molecule has 3 N–H and O–H groups in total. The minimum absolute atomic E-state index is 0.364. The summed E-state index contributed by atoms with van der Waals surface area (Å²) in [5, 5.41) is 7.33. The minimum Gasteiger partial charge on any atom is -0.321 e. The van der Waals surface area contributed by atoms with Gasteiger partial charge in [0.15, 0.2) is 0 Å². The fourth-order valence-corrected chi connectivity index (χ4v) is 1.50. The number of nitrogens with one attached hydrogen (secondary N) is 3. The molecule has 0 fully saturated rings. The highest BCUT2D eigenvalue weighted by Gasteiger charge is 2.10. The first kappa shape index (κ1) is 15.0. The molecule has 0 saturated carbocycles. The van der Waals surface area contributed by atoms with E-state index in [0.717, 1.165) is 0 Å². The van der Waals surface area contributed by atoms with E-state index < -0.39 is 17.9 Å². The molecule has 22 heavy (non-hydrogen) atoms. The van der Waals surface area contributed by atoms with Crippen LogP contribution in [0, 0.1) is 5.41 Å². The van der Waals surface area contributed by atoms with Crippen LogP contribution in [-0.2, 0) is 9.68 Å². The smallest absolute Gasteiger partial charge is 0.321 e. The zero-order chi connectivity index (χ0) is 15.8. The number of carbonyl (C=O) groups excluding carboxylic acids is 2. The second-order valence-corrected chi connectivity index (χ2v) is 4.09. The Hall–Kier alpha value is -3.35. The van der Waals surface area contributed by atoms with Crippen LogP contribution in [0.3, 0.4) is 0 Å². The van der Waals surface area contributed by atoms with Crippen molar-refractivity contribution in [3.05, 3.63) is 71.8 Å². The van der Waals surface area contributed by atoms with E-state index in [1.165, 1.54) is 0 Å². The van der Waals surface area contributed by atoms with E-state index in [9.17, 15) is 9.59 Å². The summed E-state index contributed by atoms with van der Waals surface area (Å²) in [6.07, 6.45) is -0.770. The van der Waals surface area contributed by atoms with Crippen LogP contribution in [0.5, 0.6) is 0 Å². The molecule has 0 heterocycles. The van der Waals surface area contributed by atoms with E-state index in [-0.39, 0.29) is 0 Å². The molecule has 7 nitrogen and oxygen atoms in total. The molecule has 0 radical (unpaired) electrons. The third-order valence-electron chi connectivity index (χ3n) is 2.54. The zero-order valence-electron chi connectivity index (χ0n) is 11.4. The van der Waals surface area contributed by atoms with Crippen LogP contribution in [0.1, 0.15) is 20.7 Å².